The van der Waals surface area contributed by atoms with Gasteiger partial charge < -0.3 is 19.0 Å². The molecule has 0 unspecified atom stereocenters. The highest BCUT2D eigenvalue weighted by Gasteiger charge is 2.15. The van der Waals surface area contributed by atoms with Crippen LogP contribution in [0.3, 0.4) is 0 Å². The summed E-state index contributed by atoms with van der Waals surface area (Å²) < 4.78 is 11.2. The number of morpholine rings is 1. The number of hydrogen-bond acceptors (Lipinski definition) is 5. The molecule has 1 aromatic heterocycles. The van der Waals surface area contributed by atoms with E-state index in [1.807, 2.05) is 32.3 Å². The first-order chi connectivity index (χ1) is 14.0. The molecule has 0 aliphatic carbocycles. The molecule has 1 aliphatic heterocycles. The minimum Gasteiger partial charge on any atom is -0.422 e. The van der Waals surface area contributed by atoms with Crippen LogP contribution in [-0.4, -0.2) is 40.4 Å². The predicted octanol–water partition coefficient (Wildman–Crippen LogP) is 4.18. The van der Waals surface area contributed by atoms with Crippen molar-refractivity contribution in [1.29, 1.82) is 0 Å². The van der Waals surface area contributed by atoms with Crippen LogP contribution in [0, 0.1) is 6.92 Å². The van der Waals surface area contributed by atoms with Crippen molar-refractivity contribution in [2.24, 2.45) is 0 Å². The first-order valence-corrected chi connectivity index (χ1v) is 9.88. The minimum absolute atomic E-state index is 0.300. The predicted molar refractivity (Wildman–Crippen MR) is 118 cm³/mol. The van der Waals surface area contributed by atoms with Crippen LogP contribution >= 0.6 is 0 Å². The number of ether oxygens (including phenoxy) is 1. The Balaban J connectivity index is 1.73. The first kappa shape index (κ1) is 19.3. The smallest absolute Gasteiger partial charge is 0.339 e. The molecular weight excluding hydrogens is 364 g/mol. The molecule has 1 fully saturated rings. The van der Waals surface area contributed by atoms with E-state index in [2.05, 4.69) is 46.2 Å². The number of hydrogen-bond donors (Lipinski definition) is 0. The molecule has 1 aliphatic rings. The summed E-state index contributed by atoms with van der Waals surface area (Å²) in [6, 6.07) is 18.4. The number of anilines is 2. The van der Waals surface area contributed by atoms with Gasteiger partial charge in [0.1, 0.15) is 5.76 Å². The largest absolute Gasteiger partial charge is 0.422 e. The van der Waals surface area contributed by atoms with E-state index in [1.165, 1.54) is 0 Å². The summed E-state index contributed by atoms with van der Waals surface area (Å²) in [5, 5.41) is 0. The van der Waals surface area contributed by atoms with Gasteiger partial charge in [-0.1, -0.05) is 12.1 Å². The summed E-state index contributed by atoms with van der Waals surface area (Å²) in [5.41, 5.74) is 5.42. The standard InChI is InChI=1S/C24H26N2O3/c1-17-16-22(18-4-8-20(9-5-18)25(2)3)23(29-24(17)27)19-6-10-21(11-7-19)26-12-14-28-15-13-26/h4-11,16H,12-15H2,1-3H3. The Kier molecular flexibility index (Phi) is 5.41. The summed E-state index contributed by atoms with van der Waals surface area (Å²) in [4.78, 5) is 16.6. The molecule has 0 bridgehead atoms. The fourth-order valence-corrected chi connectivity index (χ4v) is 3.58. The van der Waals surface area contributed by atoms with Gasteiger partial charge in [0.05, 0.1) is 13.2 Å². The lowest BCUT2D eigenvalue weighted by Crippen LogP contribution is -2.36. The highest BCUT2D eigenvalue weighted by molar-refractivity contribution is 5.81. The lowest BCUT2D eigenvalue weighted by Gasteiger charge is -2.28. The number of nitrogens with zero attached hydrogens (tertiary/aromatic N) is 2. The third kappa shape index (κ3) is 4.05. The van der Waals surface area contributed by atoms with Gasteiger partial charge in [-0.15, -0.1) is 0 Å². The van der Waals surface area contributed by atoms with Crippen LogP contribution in [0.25, 0.3) is 22.5 Å². The Hall–Kier alpha value is -3.05. The van der Waals surface area contributed by atoms with E-state index in [-0.39, 0.29) is 5.63 Å². The molecule has 2 aromatic carbocycles. The van der Waals surface area contributed by atoms with Gasteiger partial charge in [0, 0.05) is 55.2 Å². The molecule has 0 saturated carbocycles. The lowest BCUT2D eigenvalue weighted by atomic mass is 9.99. The van der Waals surface area contributed by atoms with Gasteiger partial charge in [-0.05, 0) is 55.0 Å². The second kappa shape index (κ2) is 8.13. The van der Waals surface area contributed by atoms with Gasteiger partial charge >= 0.3 is 5.63 Å². The van der Waals surface area contributed by atoms with Gasteiger partial charge in [0.15, 0.2) is 0 Å². The average molecular weight is 390 g/mol. The second-order valence-electron chi connectivity index (χ2n) is 7.55. The van der Waals surface area contributed by atoms with Gasteiger partial charge in [0.2, 0.25) is 0 Å². The molecule has 0 radical (unpaired) electrons. The quantitative estimate of drug-likeness (QED) is 0.669. The van der Waals surface area contributed by atoms with Gasteiger partial charge in [-0.2, -0.15) is 0 Å². The molecular formula is C24H26N2O3. The summed E-state index contributed by atoms with van der Waals surface area (Å²) in [6.45, 7) is 5.07. The van der Waals surface area contributed by atoms with Crippen LogP contribution in [0.1, 0.15) is 5.56 Å². The highest BCUT2D eigenvalue weighted by atomic mass is 16.5. The molecule has 5 heteroatoms. The molecule has 1 saturated heterocycles. The van der Waals surface area contributed by atoms with Crippen molar-refractivity contribution in [3.8, 4) is 22.5 Å². The van der Waals surface area contributed by atoms with Crippen LogP contribution in [0.4, 0.5) is 11.4 Å². The Morgan fingerprint density at radius 1 is 0.897 bits per heavy atom. The molecule has 0 N–H and O–H groups in total. The number of benzene rings is 2. The number of aryl methyl sites for hydroxylation is 1. The van der Waals surface area contributed by atoms with Gasteiger partial charge in [0.25, 0.3) is 0 Å². The first-order valence-electron chi connectivity index (χ1n) is 9.88. The van der Waals surface area contributed by atoms with Crippen molar-refractivity contribution in [3.63, 3.8) is 0 Å². The fourth-order valence-electron chi connectivity index (χ4n) is 3.58. The maximum atomic E-state index is 12.3. The summed E-state index contributed by atoms with van der Waals surface area (Å²) in [5.74, 6) is 0.603. The van der Waals surface area contributed by atoms with E-state index >= 15 is 0 Å². The molecule has 5 nitrogen and oxygen atoms in total. The number of rotatable bonds is 4. The molecule has 0 spiro atoms. The van der Waals surface area contributed by atoms with Gasteiger partial charge in [-0.25, -0.2) is 4.79 Å². The van der Waals surface area contributed by atoms with E-state index in [0.29, 0.717) is 11.3 Å². The van der Waals surface area contributed by atoms with Crippen molar-refractivity contribution < 1.29 is 9.15 Å². The van der Waals surface area contributed by atoms with Gasteiger partial charge in [-0.3, -0.25) is 0 Å². The van der Waals surface area contributed by atoms with Crippen molar-refractivity contribution in [3.05, 3.63) is 70.6 Å². The summed E-state index contributed by atoms with van der Waals surface area (Å²) in [7, 11) is 4.03. The average Bonchev–Trinajstić information content (AvgIpc) is 2.76. The fraction of sp³-hybridized carbons (Fsp3) is 0.292. The van der Waals surface area contributed by atoms with Crippen LogP contribution in [-0.2, 0) is 4.74 Å². The van der Waals surface area contributed by atoms with E-state index in [4.69, 9.17) is 9.15 Å². The zero-order valence-electron chi connectivity index (χ0n) is 17.1. The Bertz CT molecular complexity index is 1030. The van der Waals surface area contributed by atoms with Crippen LogP contribution < -0.4 is 15.4 Å². The Morgan fingerprint density at radius 2 is 1.52 bits per heavy atom. The summed E-state index contributed by atoms with van der Waals surface area (Å²) >= 11 is 0. The molecule has 2 heterocycles. The zero-order chi connectivity index (χ0) is 20.4. The topological polar surface area (TPSA) is 45.9 Å². The van der Waals surface area contributed by atoms with E-state index in [9.17, 15) is 4.79 Å². The highest BCUT2D eigenvalue weighted by Crippen LogP contribution is 2.33. The Morgan fingerprint density at radius 3 is 2.14 bits per heavy atom. The normalized spacial score (nSPS) is 14.1. The molecule has 3 aromatic rings. The molecule has 29 heavy (non-hydrogen) atoms. The molecule has 0 atom stereocenters. The van der Waals surface area contributed by atoms with Crippen LogP contribution in [0.5, 0.6) is 0 Å². The van der Waals surface area contributed by atoms with E-state index in [0.717, 1.165) is 54.4 Å². The third-order valence-corrected chi connectivity index (χ3v) is 5.32. The van der Waals surface area contributed by atoms with Crippen molar-refractivity contribution in [2.45, 2.75) is 6.92 Å². The monoisotopic (exact) mass is 390 g/mol. The van der Waals surface area contributed by atoms with Crippen molar-refractivity contribution >= 4 is 11.4 Å². The molecule has 150 valence electrons. The minimum atomic E-state index is -0.300. The van der Waals surface area contributed by atoms with E-state index < -0.39 is 0 Å². The van der Waals surface area contributed by atoms with Crippen molar-refractivity contribution in [2.75, 3.05) is 50.2 Å². The Labute approximate surface area is 171 Å². The third-order valence-electron chi connectivity index (χ3n) is 5.32. The van der Waals surface area contributed by atoms with Crippen LogP contribution in [0.2, 0.25) is 0 Å². The molecule has 4 rings (SSSR count). The van der Waals surface area contributed by atoms with Crippen LogP contribution in [0.15, 0.2) is 63.8 Å². The maximum absolute atomic E-state index is 12.3. The maximum Gasteiger partial charge on any atom is 0.339 e. The SMILES string of the molecule is Cc1cc(-c2ccc(N(C)C)cc2)c(-c2ccc(N3CCOCC3)cc2)oc1=O. The van der Waals surface area contributed by atoms with Crippen molar-refractivity contribution in [1.82, 2.24) is 0 Å². The van der Waals surface area contributed by atoms with E-state index in [1.54, 1.807) is 6.92 Å². The molecule has 0 amide bonds. The second-order valence-corrected chi connectivity index (χ2v) is 7.55. The zero-order valence-corrected chi connectivity index (χ0v) is 17.1. The lowest BCUT2D eigenvalue weighted by molar-refractivity contribution is 0.122. The summed E-state index contributed by atoms with van der Waals surface area (Å²) in [6.07, 6.45) is 0.